The molecule has 0 aliphatic carbocycles. The van der Waals surface area contributed by atoms with Gasteiger partial charge in [0.05, 0.1) is 23.6 Å². The number of nitrogens with one attached hydrogen (secondary N) is 1. The van der Waals surface area contributed by atoms with Gasteiger partial charge >= 0.3 is 0 Å². The number of amides is 1. The summed E-state index contributed by atoms with van der Waals surface area (Å²) in [5.74, 6) is -0.231. The minimum absolute atomic E-state index is 0.0569. The fraction of sp³-hybridized carbons (Fsp3) is 0.214. The summed E-state index contributed by atoms with van der Waals surface area (Å²) < 4.78 is 0. The molecule has 5 heteroatoms. The third-order valence-corrected chi connectivity index (χ3v) is 2.71. The van der Waals surface area contributed by atoms with Crippen LogP contribution in [-0.2, 0) is 6.61 Å². The third kappa shape index (κ3) is 3.14. The average Bonchev–Trinajstić information content (AvgIpc) is 2.41. The van der Waals surface area contributed by atoms with Crippen LogP contribution in [0.25, 0.3) is 0 Å². The Labute approximate surface area is 111 Å². The van der Waals surface area contributed by atoms with E-state index in [2.05, 4.69) is 15.5 Å². The second-order valence-corrected chi connectivity index (χ2v) is 4.30. The monoisotopic (exact) mass is 257 g/mol. The Morgan fingerprint density at radius 2 is 2.05 bits per heavy atom. The number of benzene rings is 1. The highest BCUT2D eigenvalue weighted by molar-refractivity contribution is 6.05. The van der Waals surface area contributed by atoms with E-state index in [1.54, 1.807) is 44.2 Å². The van der Waals surface area contributed by atoms with Gasteiger partial charge in [-0.3, -0.25) is 4.79 Å². The van der Waals surface area contributed by atoms with Gasteiger partial charge in [-0.2, -0.15) is 10.2 Å². The molecule has 0 atom stereocenters. The molecule has 0 bridgehead atoms. The van der Waals surface area contributed by atoms with Crippen LogP contribution in [0.3, 0.4) is 0 Å². The summed E-state index contributed by atoms with van der Waals surface area (Å²) in [5, 5.41) is 19.7. The van der Waals surface area contributed by atoms with Crippen molar-refractivity contribution in [2.24, 2.45) is 0 Å². The number of aromatic nitrogens is 2. The highest BCUT2D eigenvalue weighted by Crippen LogP contribution is 2.13. The number of hydrogen-bond donors (Lipinski definition) is 2. The molecule has 2 N–H and O–H groups in total. The van der Waals surface area contributed by atoms with Crippen LogP contribution in [0.5, 0.6) is 0 Å². The van der Waals surface area contributed by atoms with Crippen molar-refractivity contribution in [3.63, 3.8) is 0 Å². The maximum Gasteiger partial charge on any atom is 0.257 e. The lowest BCUT2D eigenvalue weighted by Crippen LogP contribution is -2.15. The van der Waals surface area contributed by atoms with Crippen molar-refractivity contribution >= 4 is 11.6 Å². The highest BCUT2D eigenvalue weighted by atomic mass is 16.3. The Morgan fingerprint density at radius 3 is 2.79 bits per heavy atom. The predicted molar refractivity (Wildman–Crippen MR) is 71.8 cm³/mol. The fourth-order valence-electron chi connectivity index (χ4n) is 1.73. The van der Waals surface area contributed by atoms with Gasteiger partial charge in [0.25, 0.3) is 5.91 Å². The Kier molecular flexibility index (Phi) is 3.87. The molecule has 0 aliphatic rings. The smallest absolute Gasteiger partial charge is 0.257 e. The Balaban J connectivity index is 2.23. The molecule has 1 aromatic heterocycles. The Hall–Kier alpha value is -2.27. The molecule has 0 spiro atoms. The first-order valence-corrected chi connectivity index (χ1v) is 5.92. The number of carbonyl (C=O) groups excluding carboxylic acids is 1. The molecule has 0 radical (unpaired) electrons. The van der Waals surface area contributed by atoms with E-state index in [4.69, 9.17) is 5.11 Å². The summed E-state index contributed by atoms with van der Waals surface area (Å²) >= 11 is 0. The molecule has 1 amide bonds. The molecule has 2 aromatic rings. The van der Waals surface area contributed by atoms with Gasteiger partial charge in [-0.05, 0) is 37.6 Å². The van der Waals surface area contributed by atoms with Crippen LogP contribution in [0, 0.1) is 13.8 Å². The summed E-state index contributed by atoms with van der Waals surface area (Å²) in [5.41, 5.74) is 3.17. The van der Waals surface area contributed by atoms with E-state index in [1.165, 1.54) is 0 Å². The van der Waals surface area contributed by atoms with Gasteiger partial charge in [0.1, 0.15) is 0 Å². The van der Waals surface area contributed by atoms with Crippen LogP contribution < -0.4 is 5.32 Å². The zero-order chi connectivity index (χ0) is 13.8. The molecule has 19 heavy (non-hydrogen) atoms. The number of aliphatic hydroxyl groups excluding tert-OH is 1. The summed E-state index contributed by atoms with van der Waals surface area (Å²) in [6.45, 7) is 3.47. The van der Waals surface area contributed by atoms with E-state index in [9.17, 15) is 4.79 Å². The van der Waals surface area contributed by atoms with E-state index in [-0.39, 0.29) is 12.5 Å². The van der Waals surface area contributed by atoms with E-state index >= 15 is 0 Å². The molecule has 0 saturated heterocycles. The zero-order valence-corrected chi connectivity index (χ0v) is 10.8. The summed E-state index contributed by atoms with van der Waals surface area (Å²) in [6.07, 6.45) is 0. The van der Waals surface area contributed by atoms with Gasteiger partial charge in [0, 0.05) is 5.69 Å². The second kappa shape index (κ2) is 5.58. The quantitative estimate of drug-likeness (QED) is 0.879. The van der Waals surface area contributed by atoms with Crippen molar-refractivity contribution in [2.75, 3.05) is 5.32 Å². The second-order valence-electron chi connectivity index (χ2n) is 4.30. The lowest BCUT2D eigenvalue weighted by molar-refractivity contribution is 0.102. The number of aliphatic hydroxyl groups is 1. The lowest BCUT2D eigenvalue weighted by Gasteiger charge is -2.08. The van der Waals surface area contributed by atoms with Gasteiger partial charge < -0.3 is 10.4 Å². The standard InChI is InChI=1S/C14H15N3O2/c1-9-6-13(10(2)17-16-9)14(19)15-12-5-3-4-11(7-12)8-18/h3-7,18H,8H2,1-2H3,(H,15,19). The van der Waals surface area contributed by atoms with Crippen molar-refractivity contribution in [2.45, 2.75) is 20.5 Å². The molecule has 0 saturated carbocycles. The first-order chi connectivity index (χ1) is 9.10. The summed E-state index contributed by atoms with van der Waals surface area (Å²) in [6, 6.07) is 8.78. The third-order valence-electron chi connectivity index (χ3n) is 2.71. The van der Waals surface area contributed by atoms with Crippen LogP contribution in [-0.4, -0.2) is 21.2 Å². The molecule has 2 rings (SSSR count). The van der Waals surface area contributed by atoms with E-state index in [0.29, 0.717) is 22.6 Å². The van der Waals surface area contributed by atoms with Crippen LogP contribution in [0.15, 0.2) is 30.3 Å². The number of carbonyl (C=O) groups is 1. The number of hydrogen-bond acceptors (Lipinski definition) is 4. The highest BCUT2D eigenvalue weighted by Gasteiger charge is 2.11. The van der Waals surface area contributed by atoms with Gasteiger partial charge in [-0.1, -0.05) is 12.1 Å². The topological polar surface area (TPSA) is 75.1 Å². The lowest BCUT2D eigenvalue weighted by atomic mass is 10.1. The van der Waals surface area contributed by atoms with Crippen molar-refractivity contribution in [1.82, 2.24) is 10.2 Å². The molecule has 5 nitrogen and oxygen atoms in total. The van der Waals surface area contributed by atoms with Crippen molar-refractivity contribution < 1.29 is 9.90 Å². The molecular weight excluding hydrogens is 242 g/mol. The molecule has 0 unspecified atom stereocenters. The van der Waals surface area contributed by atoms with Gasteiger partial charge in [-0.25, -0.2) is 0 Å². The molecule has 1 aromatic carbocycles. The summed E-state index contributed by atoms with van der Waals surface area (Å²) in [7, 11) is 0. The zero-order valence-electron chi connectivity index (χ0n) is 10.8. The summed E-state index contributed by atoms with van der Waals surface area (Å²) in [4.78, 5) is 12.1. The first-order valence-electron chi connectivity index (χ1n) is 5.92. The minimum atomic E-state index is -0.231. The maximum absolute atomic E-state index is 12.1. The van der Waals surface area contributed by atoms with Crippen molar-refractivity contribution in [1.29, 1.82) is 0 Å². The largest absolute Gasteiger partial charge is 0.392 e. The van der Waals surface area contributed by atoms with Crippen molar-refractivity contribution in [3.05, 3.63) is 52.8 Å². The minimum Gasteiger partial charge on any atom is -0.392 e. The van der Waals surface area contributed by atoms with Crippen LogP contribution in [0.1, 0.15) is 27.3 Å². The number of aryl methyl sites for hydroxylation is 2. The predicted octanol–water partition coefficient (Wildman–Crippen LogP) is 1.84. The fourth-order valence-corrected chi connectivity index (χ4v) is 1.73. The molecule has 98 valence electrons. The van der Waals surface area contributed by atoms with Crippen LogP contribution in [0.4, 0.5) is 5.69 Å². The first kappa shape index (κ1) is 13.2. The van der Waals surface area contributed by atoms with Crippen LogP contribution >= 0.6 is 0 Å². The Morgan fingerprint density at radius 1 is 1.26 bits per heavy atom. The van der Waals surface area contributed by atoms with Gasteiger partial charge in [0.15, 0.2) is 0 Å². The van der Waals surface area contributed by atoms with E-state index in [0.717, 1.165) is 5.56 Å². The maximum atomic E-state index is 12.1. The van der Waals surface area contributed by atoms with Gasteiger partial charge in [-0.15, -0.1) is 0 Å². The van der Waals surface area contributed by atoms with Crippen LogP contribution in [0.2, 0.25) is 0 Å². The Bertz CT molecular complexity index is 611. The number of rotatable bonds is 3. The van der Waals surface area contributed by atoms with E-state index < -0.39 is 0 Å². The number of nitrogens with zero attached hydrogens (tertiary/aromatic N) is 2. The molecule has 0 aliphatic heterocycles. The molecule has 1 heterocycles. The SMILES string of the molecule is Cc1cc(C(=O)Nc2cccc(CO)c2)c(C)nn1. The molecule has 0 fully saturated rings. The molecular formula is C14H15N3O2. The normalized spacial score (nSPS) is 10.3. The van der Waals surface area contributed by atoms with Crippen molar-refractivity contribution in [3.8, 4) is 0 Å². The van der Waals surface area contributed by atoms with Gasteiger partial charge in [0.2, 0.25) is 0 Å². The average molecular weight is 257 g/mol. The van der Waals surface area contributed by atoms with E-state index in [1.807, 2.05) is 0 Å². The number of anilines is 1.